The summed E-state index contributed by atoms with van der Waals surface area (Å²) >= 11 is 0.962. The number of nitrogens with zero attached hydrogens (tertiary/aromatic N) is 4. The average Bonchev–Trinajstić information content (AvgIpc) is 2.36. The summed E-state index contributed by atoms with van der Waals surface area (Å²) in [6, 6.07) is 2.66. The van der Waals surface area contributed by atoms with Crippen molar-refractivity contribution < 1.29 is 13.2 Å². The highest BCUT2D eigenvalue weighted by molar-refractivity contribution is 7.99. The number of anilines is 1. The monoisotopic (exact) mass is 315 g/mol. The number of alkyl halides is 3. The molecule has 2 aromatic heterocycles. The molecule has 0 saturated carbocycles. The Labute approximate surface area is 123 Å². The second-order valence-electron chi connectivity index (χ2n) is 4.20. The normalized spacial score (nSPS) is 11.5. The van der Waals surface area contributed by atoms with Crippen LogP contribution in [0, 0.1) is 13.8 Å². The van der Waals surface area contributed by atoms with Gasteiger partial charge in [0.1, 0.15) is 5.03 Å². The lowest BCUT2D eigenvalue weighted by Gasteiger charge is -2.09. The fourth-order valence-corrected chi connectivity index (χ4v) is 2.44. The first-order valence-corrected chi connectivity index (χ1v) is 6.74. The highest BCUT2D eigenvalue weighted by Crippen LogP contribution is 2.32. The number of hydrogen-bond acceptors (Lipinski definition) is 6. The van der Waals surface area contributed by atoms with Crippen molar-refractivity contribution in [1.82, 2.24) is 19.9 Å². The first-order chi connectivity index (χ1) is 9.77. The fourth-order valence-electron chi connectivity index (χ4n) is 1.57. The molecule has 9 heteroatoms. The molecule has 2 heterocycles. The van der Waals surface area contributed by atoms with Crippen LogP contribution in [-0.4, -0.2) is 27.0 Å². The quantitative estimate of drug-likeness (QED) is 0.693. The summed E-state index contributed by atoms with van der Waals surface area (Å²) in [5.74, 6) is -0.100. The van der Waals surface area contributed by atoms with Crippen LogP contribution in [0.25, 0.3) is 0 Å². The van der Waals surface area contributed by atoms with E-state index in [1.807, 2.05) is 0 Å². The Balaban J connectivity index is 2.39. The summed E-state index contributed by atoms with van der Waals surface area (Å²) in [5, 5.41) is 2.99. The maximum atomic E-state index is 12.8. The molecular weight excluding hydrogens is 303 g/mol. The van der Waals surface area contributed by atoms with Gasteiger partial charge in [-0.15, -0.1) is 0 Å². The summed E-state index contributed by atoms with van der Waals surface area (Å²) in [5.41, 5.74) is 0.474. The second-order valence-corrected chi connectivity index (χ2v) is 5.19. The summed E-state index contributed by atoms with van der Waals surface area (Å²) in [4.78, 5) is 15.7. The fraction of sp³-hybridized carbons (Fsp3) is 0.333. The predicted molar refractivity (Wildman–Crippen MR) is 72.2 cm³/mol. The van der Waals surface area contributed by atoms with Gasteiger partial charge in [0, 0.05) is 24.5 Å². The van der Waals surface area contributed by atoms with Gasteiger partial charge in [0.25, 0.3) is 0 Å². The Morgan fingerprint density at radius 2 is 1.62 bits per heavy atom. The Bertz CT molecular complexity index is 640. The number of hydrogen-bond donors (Lipinski definition) is 1. The molecule has 0 fully saturated rings. The molecule has 0 saturated heterocycles. The lowest BCUT2D eigenvalue weighted by atomic mass is 10.4. The molecule has 5 nitrogen and oxygen atoms in total. The maximum Gasteiger partial charge on any atom is 0.433 e. The third-order valence-electron chi connectivity index (χ3n) is 2.37. The highest BCUT2D eigenvalue weighted by Gasteiger charge is 2.33. The van der Waals surface area contributed by atoms with Crippen LogP contribution in [0.3, 0.4) is 0 Å². The van der Waals surface area contributed by atoms with Crippen molar-refractivity contribution in [3.63, 3.8) is 0 Å². The summed E-state index contributed by atoms with van der Waals surface area (Å²) in [6.07, 6.45) is -4.53. The molecule has 0 unspecified atom stereocenters. The van der Waals surface area contributed by atoms with Gasteiger partial charge >= 0.3 is 6.18 Å². The van der Waals surface area contributed by atoms with Crippen LogP contribution in [0.4, 0.5) is 19.1 Å². The van der Waals surface area contributed by atoms with Gasteiger partial charge in [-0.1, -0.05) is 0 Å². The first-order valence-electron chi connectivity index (χ1n) is 5.92. The number of nitrogens with one attached hydrogen (secondary N) is 1. The minimum absolute atomic E-state index is 0.100. The van der Waals surface area contributed by atoms with Crippen LogP contribution in [0.2, 0.25) is 0 Å². The lowest BCUT2D eigenvalue weighted by molar-refractivity contribution is -0.141. The van der Waals surface area contributed by atoms with E-state index in [1.165, 1.54) is 7.05 Å². The maximum absolute atomic E-state index is 12.8. The van der Waals surface area contributed by atoms with Gasteiger partial charge in [-0.25, -0.2) is 19.9 Å². The smallest absolute Gasteiger partial charge is 0.357 e. The average molecular weight is 315 g/mol. The van der Waals surface area contributed by atoms with Crippen LogP contribution in [0.5, 0.6) is 0 Å². The van der Waals surface area contributed by atoms with E-state index in [0.717, 1.165) is 29.2 Å². The van der Waals surface area contributed by atoms with E-state index in [9.17, 15) is 13.2 Å². The molecule has 0 atom stereocenters. The van der Waals surface area contributed by atoms with Crippen LogP contribution >= 0.6 is 11.8 Å². The van der Waals surface area contributed by atoms with E-state index in [4.69, 9.17) is 0 Å². The molecule has 112 valence electrons. The predicted octanol–water partition coefficient (Wildman–Crippen LogP) is 3.10. The minimum atomic E-state index is -4.53. The van der Waals surface area contributed by atoms with Gasteiger partial charge in [0.15, 0.2) is 10.9 Å². The topological polar surface area (TPSA) is 63.6 Å². The van der Waals surface area contributed by atoms with Crippen molar-refractivity contribution in [3.05, 3.63) is 29.2 Å². The zero-order chi connectivity index (χ0) is 15.6. The van der Waals surface area contributed by atoms with Gasteiger partial charge in [0.2, 0.25) is 5.95 Å². The van der Waals surface area contributed by atoms with Crippen LogP contribution in [0.1, 0.15) is 17.1 Å². The number of aromatic nitrogens is 4. The molecule has 0 aromatic carbocycles. The van der Waals surface area contributed by atoms with Gasteiger partial charge in [-0.2, -0.15) is 13.2 Å². The van der Waals surface area contributed by atoms with Crippen molar-refractivity contribution >= 4 is 17.7 Å². The van der Waals surface area contributed by atoms with Crippen LogP contribution in [-0.2, 0) is 6.18 Å². The zero-order valence-corrected chi connectivity index (χ0v) is 12.3. The van der Waals surface area contributed by atoms with E-state index < -0.39 is 11.9 Å². The van der Waals surface area contributed by atoms with Gasteiger partial charge in [-0.05, 0) is 31.7 Å². The summed E-state index contributed by atoms with van der Waals surface area (Å²) in [7, 11) is 1.46. The van der Waals surface area contributed by atoms with Crippen molar-refractivity contribution in [1.29, 1.82) is 0 Å². The number of aryl methyl sites for hydroxylation is 2. The third kappa shape index (κ3) is 4.03. The molecule has 0 amide bonds. The van der Waals surface area contributed by atoms with Gasteiger partial charge < -0.3 is 5.32 Å². The standard InChI is InChI=1S/C12H12F3N5S/c1-6-4-7(2)18-11(17-6)21-9-5-8(12(13,14)15)19-10(16-3)20-9/h4-5H,1-3H3,(H,16,19,20). The molecule has 2 rings (SSSR count). The summed E-state index contributed by atoms with van der Waals surface area (Å²) in [6.45, 7) is 3.58. The molecule has 1 N–H and O–H groups in total. The molecule has 0 aliphatic carbocycles. The Kier molecular flexibility index (Phi) is 4.31. The first kappa shape index (κ1) is 15.5. The number of halogens is 3. The van der Waals surface area contributed by atoms with E-state index in [0.29, 0.717) is 5.16 Å². The molecule has 0 spiro atoms. The second kappa shape index (κ2) is 5.84. The van der Waals surface area contributed by atoms with Crippen LogP contribution < -0.4 is 5.32 Å². The molecule has 0 aliphatic heterocycles. The number of rotatable bonds is 3. The van der Waals surface area contributed by atoms with Crippen molar-refractivity contribution in [2.24, 2.45) is 0 Å². The van der Waals surface area contributed by atoms with Crippen molar-refractivity contribution in [2.75, 3.05) is 12.4 Å². The summed E-state index contributed by atoms with van der Waals surface area (Å²) < 4.78 is 38.4. The van der Waals surface area contributed by atoms with E-state index >= 15 is 0 Å². The Morgan fingerprint density at radius 3 is 2.14 bits per heavy atom. The SMILES string of the molecule is CNc1nc(Sc2nc(C)cc(C)n2)cc(C(F)(F)F)n1. The Hall–Kier alpha value is -1.90. The van der Waals surface area contributed by atoms with Crippen LogP contribution in [0.15, 0.2) is 22.3 Å². The minimum Gasteiger partial charge on any atom is -0.357 e. The molecule has 0 radical (unpaired) electrons. The molecule has 2 aromatic rings. The highest BCUT2D eigenvalue weighted by atomic mass is 32.2. The largest absolute Gasteiger partial charge is 0.433 e. The van der Waals surface area contributed by atoms with E-state index in [-0.39, 0.29) is 11.0 Å². The third-order valence-corrected chi connectivity index (χ3v) is 3.16. The molecular formula is C12H12F3N5S. The Morgan fingerprint density at radius 1 is 1.00 bits per heavy atom. The van der Waals surface area contributed by atoms with Crippen molar-refractivity contribution in [2.45, 2.75) is 30.2 Å². The van der Waals surface area contributed by atoms with Crippen molar-refractivity contribution in [3.8, 4) is 0 Å². The lowest BCUT2D eigenvalue weighted by Crippen LogP contribution is -2.11. The van der Waals surface area contributed by atoms with E-state index in [2.05, 4.69) is 25.3 Å². The molecule has 0 bridgehead atoms. The zero-order valence-electron chi connectivity index (χ0n) is 11.5. The molecule has 21 heavy (non-hydrogen) atoms. The van der Waals surface area contributed by atoms with E-state index in [1.54, 1.807) is 19.9 Å². The van der Waals surface area contributed by atoms with Gasteiger partial charge in [0.05, 0.1) is 0 Å². The van der Waals surface area contributed by atoms with Gasteiger partial charge in [-0.3, -0.25) is 0 Å². The molecule has 0 aliphatic rings.